The van der Waals surface area contributed by atoms with Gasteiger partial charge in [-0.25, -0.2) is 4.98 Å². The number of anilines is 1. The third kappa shape index (κ3) is 2.50. The van der Waals surface area contributed by atoms with Crippen molar-refractivity contribution in [3.05, 3.63) is 47.7 Å². The maximum Gasteiger partial charge on any atom is 0.126 e. The molecule has 0 unspecified atom stereocenters. The van der Waals surface area contributed by atoms with Gasteiger partial charge in [-0.2, -0.15) is 0 Å². The minimum Gasteiger partial charge on any atom is -0.383 e. The Bertz CT molecular complexity index is 532. The van der Waals surface area contributed by atoms with Crippen LogP contribution in [0.2, 0.25) is 0 Å². The van der Waals surface area contributed by atoms with E-state index < -0.39 is 0 Å². The fraction of sp³-hybridized carbons (Fsp3) is 0.143. The highest BCUT2D eigenvalue weighted by Gasteiger charge is 2.01. The molecule has 2 aromatic rings. The topological polar surface area (TPSA) is 56.0 Å². The minimum atomic E-state index is 0.458. The Morgan fingerprint density at radius 3 is 2.53 bits per heavy atom. The van der Waals surface area contributed by atoms with E-state index in [-0.39, 0.29) is 0 Å². The number of hydrogen-bond acceptors (Lipinski definition) is 3. The van der Waals surface area contributed by atoms with E-state index in [4.69, 9.17) is 5.73 Å². The van der Waals surface area contributed by atoms with Gasteiger partial charge in [-0.15, -0.1) is 0 Å². The number of aldehydes is 1. The summed E-state index contributed by atoms with van der Waals surface area (Å²) in [4.78, 5) is 14.5. The van der Waals surface area contributed by atoms with Crippen LogP contribution in [0.1, 0.15) is 11.1 Å². The van der Waals surface area contributed by atoms with E-state index in [1.54, 1.807) is 6.20 Å². The van der Waals surface area contributed by atoms with Crippen LogP contribution in [0.3, 0.4) is 0 Å². The molecule has 0 aliphatic heterocycles. The van der Waals surface area contributed by atoms with Crippen molar-refractivity contribution in [1.29, 1.82) is 0 Å². The number of nitrogens with two attached hydrogens (primary N) is 1. The summed E-state index contributed by atoms with van der Waals surface area (Å²) >= 11 is 0. The third-order valence-electron chi connectivity index (χ3n) is 2.73. The molecule has 0 bridgehead atoms. The van der Waals surface area contributed by atoms with Gasteiger partial charge in [0.15, 0.2) is 0 Å². The number of carbonyl (C=O) groups excluding carboxylic acids is 1. The number of nitrogens with zero attached hydrogens (tertiary/aromatic N) is 1. The van der Waals surface area contributed by atoms with Crippen molar-refractivity contribution in [1.82, 2.24) is 4.98 Å². The predicted octanol–water partition coefficient (Wildman–Crippen LogP) is 2.38. The van der Waals surface area contributed by atoms with Crippen molar-refractivity contribution in [2.45, 2.75) is 13.3 Å². The molecular formula is C14H14N2O. The molecule has 17 heavy (non-hydrogen) atoms. The van der Waals surface area contributed by atoms with Crippen molar-refractivity contribution in [2.24, 2.45) is 0 Å². The van der Waals surface area contributed by atoms with Gasteiger partial charge in [-0.3, -0.25) is 0 Å². The zero-order chi connectivity index (χ0) is 12.3. The second kappa shape index (κ2) is 4.78. The highest BCUT2D eigenvalue weighted by Crippen LogP contribution is 2.21. The van der Waals surface area contributed by atoms with Crippen LogP contribution in [-0.4, -0.2) is 11.3 Å². The predicted molar refractivity (Wildman–Crippen MR) is 68.6 cm³/mol. The fourth-order valence-corrected chi connectivity index (χ4v) is 1.67. The summed E-state index contributed by atoms with van der Waals surface area (Å²) in [5.41, 5.74) is 9.79. The van der Waals surface area contributed by atoms with Crippen molar-refractivity contribution in [3.8, 4) is 11.1 Å². The molecule has 1 heterocycles. The molecule has 0 amide bonds. The van der Waals surface area contributed by atoms with E-state index in [9.17, 15) is 4.79 Å². The molecule has 3 nitrogen and oxygen atoms in total. The zero-order valence-corrected chi connectivity index (χ0v) is 9.68. The number of nitrogen functional groups attached to an aromatic ring is 1. The molecule has 2 rings (SSSR count). The van der Waals surface area contributed by atoms with Crippen LogP contribution in [0.4, 0.5) is 5.82 Å². The summed E-state index contributed by atoms with van der Waals surface area (Å²) in [5.74, 6) is 0.561. The molecule has 86 valence electrons. The molecule has 0 saturated heterocycles. The summed E-state index contributed by atoms with van der Waals surface area (Å²) in [6.07, 6.45) is 3.13. The molecule has 1 aromatic carbocycles. The molecular weight excluding hydrogens is 212 g/mol. The largest absolute Gasteiger partial charge is 0.383 e. The molecule has 0 spiro atoms. The van der Waals surface area contributed by atoms with Crippen LogP contribution in [0.15, 0.2) is 36.5 Å². The maximum atomic E-state index is 10.4. The summed E-state index contributed by atoms with van der Waals surface area (Å²) in [6.45, 7) is 1.94. The lowest BCUT2D eigenvalue weighted by Crippen LogP contribution is -1.94. The van der Waals surface area contributed by atoms with Crippen LogP contribution < -0.4 is 5.73 Å². The number of carbonyl (C=O) groups is 1. The summed E-state index contributed by atoms with van der Waals surface area (Å²) in [7, 11) is 0. The second-order valence-corrected chi connectivity index (χ2v) is 3.99. The van der Waals surface area contributed by atoms with E-state index in [1.807, 2.05) is 37.3 Å². The van der Waals surface area contributed by atoms with Crippen molar-refractivity contribution >= 4 is 12.1 Å². The lowest BCUT2D eigenvalue weighted by Gasteiger charge is -2.05. The molecule has 0 aliphatic rings. The van der Waals surface area contributed by atoms with Gasteiger partial charge < -0.3 is 10.5 Å². The summed E-state index contributed by atoms with van der Waals surface area (Å²) in [6, 6.07) is 9.90. The van der Waals surface area contributed by atoms with Crippen molar-refractivity contribution in [3.63, 3.8) is 0 Å². The van der Waals surface area contributed by atoms with E-state index in [0.717, 1.165) is 28.5 Å². The van der Waals surface area contributed by atoms with Crippen LogP contribution >= 0.6 is 0 Å². The molecule has 3 heteroatoms. The number of rotatable bonds is 3. The Labute approximate surface area is 100 Å². The molecule has 0 atom stereocenters. The van der Waals surface area contributed by atoms with Crippen LogP contribution in [-0.2, 0) is 11.2 Å². The van der Waals surface area contributed by atoms with Crippen LogP contribution in [0.25, 0.3) is 11.1 Å². The first-order valence-electron chi connectivity index (χ1n) is 5.46. The SMILES string of the molecule is Cc1cc(-c2ccc(CC=O)cc2)cnc1N. The molecule has 0 fully saturated rings. The summed E-state index contributed by atoms with van der Waals surface area (Å²) < 4.78 is 0. The van der Waals surface area contributed by atoms with Crippen LogP contribution in [0.5, 0.6) is 0 Å². The minimum absolute atomic E-state index is 0.458. The van der Waals surface area contributed by atoms with E-state index >= 15 is 0 Å². The summed E-state index contributed by atoms with van der Waals surface area (Å²) in [5, 5.41) is 0. The Morgan fingerprint density at radius 1 is 1.24 bits per heavy atom. The standard InChI is InChI=1S/C14H14N2O/c1-10-8-13(9-16-14(10)15)12-4-2-11(3-5-12)6-7-17/h2-5,7-9H,6H2,1H3,(H2,15,16). The lowest BCUT2D eigenvalue weighted by atomic mass is 10.0. The quantitative estimate of drug-likeness (QED) is 0.817. The molecule has 0 radical (unpaired) electrons. The Hall–Kier alpha value is -2.16. The number of benzene rings is 1. The average molecular weight is 226 g/mol. The maximum absolute atomic E-state index is 10.4. The van der Waals surface area contributed by atoms with Gasteiger partial charge >= 0.3 is 0 Å². The third-order valence-corrected chi connectivity index (χ3v) is 2.73. The normalized spacial score (nSPS) is 10.2. The lowest BCUT2D eigenvalue weighted by molar-refractivity contribution is -0.107. The number of aromatic nitrogens is 1. The van der Waals surface area contributed by atoms with Crippen LogP contribution in [0, 0.1) is 6.92 Å². The van der Waals surface area contributed by atoms with E-state index in [2.05, 4.69) is 4.98 Å². The van der Waals surface area contributed by atoms with E-state index in [0.29, 0.717) is 12.2 Å². The van der Waals surface area contributed by atoms with Gasteiger partial charge in [0.2, 0.25) is 0 Å². The van der Waals surface area contributed by atoms with Gasteiger partial charge in [-0.05, 0) is 29.7 Å². The van der Waals surface area contributed by atoms with Gasteiger partial charge in [-0.1, -0.05) is 24.3 Å². The van der Waals surface area contributed by atoms with Gasteiger partial charge in [0.25, 0.3) is 0 Å². The monoisotopic (exact) mass is 226 g/mol. The molecule has 0 aliphatic carbocycles. The van der Waals surface area contributed by atoms with Gasteiger partial charge in [0.1, 0.15) is 12.1 Å². The zero-order valence-electron chi connectivity index (χ0n) is 9.68. The number of pyridine rings is 1. The van der Waals surface area contributed by atoms with Gasteiger partial charge in [0, 0.05) is 18.2 Å². The highest BCUT2D eigenvalue weighted by atomic mass is 16.1. The smallest absolute Gasteiger partial charge is 0.126 e. The first kappa shape index (κ1) is 11.3. The first-order valence-corrected chi connectivity index (χ1v) is 5.46. The first-order chi connectivity index (χ1) is 8.20. The Morgan fingerprint density at radius 2 is 1.94 bits per heavy atom. The number of hydrogen-bond donors (Lipinski definition) is 1. The molecule has 1 aromatic heterocycles. The second-order valence-electron chi connectivity index (χ2n) is 3.99. The number of aryl methyl sites for hydroxylation is 1. The Balaban J connectivity index is 2.32. The average Bonchev–Trinajstić information content (AvgIpc) is 2.34. The van der Waals surface area contributed by atoms with E-state index in [1.165, 1.54) is 0 Å². The highest BCUT2D eigenvalue weighted by molar-refractivity contribution is 5.66. The molecule has 0 saturated carbocycles. The van der Waals surface area contributed by atoms with Crippen molar-refractivity contribution in [2.75, 3.05) is 5.73 Å². The Kier molecular flexibility index (Phi) is 3.19. The fourth-order valence-electron chi connectivity index (χ4n) is 1.67. The van der Waals surface area contributed by atoms with Gasteiger partial charge in [0.05, 0.1) is 0 Å². The van der Waals surface area contributed by atoms with Crippen molar-refractivity contribution < 1.29 is 4.79 Å². The molecule has 2 N–H and O–H groups in total.